The van der Waals surface area contributed by atoms with Crippen LogP contribution in [-0.2, 0) is 6.18 Å². The fourth-order valence-corrected chi connectivity index (χ4v) is 4.08. The number of hydrogen-bond acceptors (Lipinski definition) is 3. The Morgan fingerprint density at radius 1 is 1.10 bits per heavy atom. The number of imidazole rings is 1. The van der Waals surface area contributed by atoms with Crippen LogP contribution in [0.25, 0.3) is 11.3 Å². The number of piperidine rings is 1. The molecule has 1 aliphatic rings. The van der Waals surface area contributed by atoms with Gasteiger partial charge < -0.3 is 14.6 Å². The minimum absolute atomic E-state index is 0.0254. The van der Waals surface area contributed by atoms with Crippen LogP contribution in [0.4, 0.5) is 13.2 Å². The number of carbonyl (C=O) groups is 1. The van der Waals surface area contributed by atoms with Gasteiger partial charge in [0.05, 0.1) is 28.8 Å². The van der Waals surface area contributed by atoms with Crippen LogP contribution >= 0.6 is 11.6 Å². The van der Waals surface area contributed by atoms with Gasteiger partial charge >= 0.3 is 6.18 Å². The Morgan fingerprint density at radius 3 is 2.42 bits per heavy atom. The minimum atomic E-state index is -4.62. The van der Waals surface area contributed by atoms with Crippen molar-refractivity contribution in [1.82, 2.24) is 14.5 Å². The highest BCUT2D eigenvalue weighted by Crippen LogP contribution is 2.36. The molecule has 1 N–H and O–H groups in total. The van der Waals surface area contributed by atoms with Crippen molar-refractivity contribution in [2.75, 3.05) is 13.1 Å². The third kappa shape index (κ3) is 4.39. The number of aromatic hydroxyl groups is 1. The van der Waals surface area contributed by atoms with Gasteiger partial charge in [-0.2, -0.15) is 13.2 Å². The zero-order valence-corrected chi connectivity index (χ0v) is 17.1. The van der Waals surface area contributed by atoms with Gasteiger partial charge in [-0.3, -0.25) is 4.79 Å². The van der Waals surface area contributed by atoms with Gasteiger partial charge in [-0.05, 0) is 55.3 Å². The van der Waals surface area contributed by atoms with E-state index in [1.54, 1.807) is 41.7 Å². The van der Waals surface area contributed by atoms with E-state index in [0.29, 0.717) is 25.9 Å². The number of alkyl halides is 3. The highest BCUT2D eigenvalue weighted by atomic mass is 35.5. The Balaban J connectivity index is 1.47. The van der Waals surface area contributed by atoms with Crippen molar-refractivity contribution in [1.29, 1.82) is 0 Å². The third-order valence-electron chi connectivity index (χ3n) is 5.49. The molecule has 0 aliphatic carbocycles. The summed E-state index contributed by atoms with van der Waals surface area (Å²) >= 11 is 5.65. The fourth-order valence-electron chi connectivity index (χ4n) is 3.86. The van der Waals surface area contributed by atoms with E-state index in [1.807, 2.05) is 4.57 Å². The van der Waals surface area contributed by atoms with Crippen LogP contribution in [0.15, 0.2) is 55.0 Å². The number of phenolic OH excluding ortho intramolecular Hbond substituents is 1. The van der Waals surface area contributed by atoms with Gasteiger partial charge in [0.15, 0.2) is 0 Å². The highest BCUT2D eigenvalue weighted by Gasteiger charge is 2.34. The number of benzene rings is 2. The Kier molecular flexibility index (Phi) is 5.66. The van der Waals surface area contributed by atoms with Crippen LogP contribution < -0.4 is 0 Å². The van der Waals surface area contributed by atoms with Crippen LogP contribution in [0.1, 0.15) is 34.8 Å². The fraction of sp³-hybridized carbons (Fsp3) is 0.273. The van der Waals surface area contributed by atoms with Gasteiger partial charge in [-0.25, -0.2) is 4.98 Å². The van der Waals surface area contributed by atoms with E-state index < -0.39 is 22.7 Å². The van der Waals surface area contributed by atoms with Crippen molar-refractivity contribution in [3.05, 3.63) is 71.1 Å². The van der Waals surface area contributed by atoms with Gasteiger partial charge in [0.25, 0.3) is 5.91 Å². The number of carbonyl (C=O) groups excluding carboxylic acids is 1. The molecule has 2 aromatic carbocycles. The number of aromatic nitrogens is 2. The van der Waals surface area contributed by atoms with E-state index in [-0.39, 0.29) is 17.4 Å². The third-order valence-corrected chi connectivity index (χ3v) is 5.82. The van der Waals surface area contributed by atoms with Gasteiger partial charge in [0, 0.05) is 30.3 Å². The largest absolute Gasteiger partial charge is 0.508 e. The van der Waals surface area contributed by atoms with Crippen LogP contribution in [0, 0.1) is 0 Å². The number of halogens is 4. The summed E-state index contributed by atoms with van der Waals surface area (Å²) < 4.78 is 41.4. The van der Waals surface area contributed by atoms with Crippen molar-refractivity contribution < 1.29 is 23.1 Å². The molecule has 0 spiro atoms. The standard InChI is InChI=1S/C22H19ClF3N3O2/c23-19-6-3-15(11-18(19)22(24,25)26)21(31)28-9-7-16(8-10-28)29-13-27-12-20(29)14-1-4-17(30)5-2-14/h1-6,11-13,16,30H,7-10H2. The lowest BCUT2D eigenvalue weighted by molar-refractivity contribution is -0.137. The van der Waals surface area contributed by atoms with E-state index in [2.05, 4.69) is 4.98 Å². The molecule has 0 saturated carbocycles. The molecule has 1 aromatic heterocycles. The van der Waals surface area contributed by atoms with E-state index >= 15 is 0 Å². The van der Waals surface area contributed by atoms with E-state index in [1.165, 1.54) is 6.07 Å². The van der Waals surface area contributed by atoms with Crippen molar-refractivity contribution in [2.24, 2.45) is 0 Å². The molecule has 1 fully saturated rings. The number of phenols is 1. The van der Waals surface area contributed by atoms with Gasteiger partial charge in [-0.15, -0.1) is 0 Å². The molecular formula is C22H19ClF3N3O2. The van der Waals surface area contributed by atoms with Crippen molar-refractivity contribution >= 4 is 17.5 Å². The lowest BCUT2D eigenvalue weighted by atomic mass is 10.0. The molecule has 2 heterocycles. The van der Waals surface area contributed by atoms with E-state index in [0.717, 1.165) is 23.4 Å². The second-order valence-electron chi connectivity index (χ2n) is 7.45. The minimum Gasteiger partial charge on any atom is -0.508 e. The molecule has 162 valence electrons. The first-order chi connectivity index (χ1) is 14.7. The van der Waals surface area contributed by atoms with Crippen LogP contribution in [-0.4, -0.2) is 38.6 Å². The number of amides is 1. The Bertz CT molecular complexity index is 1090. The van der Waals surface area contributed by atoms with E-state index in [9.17, 15) is 23.1 Å². The van der Waals surface area contributed by atoms with Crippen LogP contribution in [0.2, 0.25) is 5.02 Å². The second-order valence-corrected chi connectivity index (χ2v) is 7.86. The average Bonchev–Trinajstić information content (AvgIpc) is 3.23. The maximum absolute atomic E-state index is 13.1. The van der Waals surface area contributed by atoms with Crippen molar-refractivity contribution in [2.45, 2.75) is 25.1 Å². The summed E-state index contributed by atoms with van der Waals surface area (Å²) in [7, 11) is 0. The zero-order valence-electron chi connectivity index (χ0n) is 16.3. The van der Waals surface area contributed by atoms with Gasteiger partial charge in [0.2, 0.25) is 0 Å². The SMILES string of the molecule is O=C(c1ccc(Cl)c(C(F)(F)F)c1)N1CCC(n2cncc2-c2ccc(O)cc2)CC1. The first-order valence-corrected chi connectivity index (χ1v) is 10.1. The smallest absolute Gasteiger partial charge is 0.417 e. The lowest BCUT2D eigenvalue weighted by Crippen LogP contribution is -2.39. The molecule has 3 aromatic rings. The molecule has 9 heteroatoms. The summed E-state index contributed by atoms with van der Waals surface area (Å²) in [5, 5.41) is 9.07. The molecule has 5 nitrogen and oxygen atoms in total. The number of rotatable bonds is 3. The molecule has 0 atom stereocenters. The summed E-state index contributed by atoms with van der Waals surface area (Å²) in [4.78, 5) is 18.6. The number of likely N-dealkylation sites (tertiary alicyclic amines) is 1. The summed E-state index contributed by atoms with van der Waals surface area (Å²) in [5.74, 6) is -0.262. The van der Waals surface area contributed by atoms with Crippen LogP contribution in [0.3, 0.4) is 0 Å². The summed E-state index contributed by atoms with van der Waals surface area (Å²) in [6.45, 7) is 0.835. The van der Waals surface area contributed by atoms with Gasteiger partial charge in [0.1, 0.15) is 5.75 Å². The van der Waals surface area contributed by atoms with E-state index in [4.69, 9.17) is 11.6 Å². The molecule has 0 bridgehead atoms. The molecule has 1 saturated heterocycles. The topological polar surface area (TPSA) is 58.4 Å². The number of nitrogens with zero attached hydrogens (tertiary/aromatic N) is 3. The first kappa shape index (κ1) is 21.2. The predicted octanol–water partition coefficient (Wildman–Crippen LogP) is 5.41. The molecular weight excluding hydrogens is 431 g/mol. The second kappa shape index (κ2) is 8.26. The van der Waals surface area contributed by atoms with Crippen molar-refractivity contribution in [3.8, 4) is 17.0 Å². The normalized spacial score (nSPS) is 15.3. The highest BCUT2D eigenvalue weighted by molar-refractivity contribution is 6.31. The monoisotopic (exact) mass is 449 g/mol. The molecule has 0 unspecified atom stereocenters. The van der Waals surface area contributed by atoms with Crippen LogP contribution in [0.5, 0.6) is 5.75 Å². The molecule has 31 heavy (non-hydrogen) atoms. The molecule has 4 rings (SSSR count). The predicted molar refractivity (Wildman–Crippen MR) is 110 cm³/mol. The average molecular weight is 450 g/mol. The Morgan fingerprint density at radius 2 is 1.77 bits per heavy atom. The van der Waals surface area contributed by atoms with Crippen molar-refractivity contribution in [3.63, 3.8) is 0 Å². The summed E-state index contributed by atoms with van der Waals surface area (Å²) in [6, 6.07) is 10.2. The Hall–Kier alpha value is -3.00. The maximum atomic E-state index is 13.1. The first-order valence-electron chi connectivity index (χ1n) is 9.71. The Labute approximate surface area is 181 Å². The molecule has 1 aliphatic heterocycles. The summed E-state index contributed by atoms with van der Waals surface area (Å²) in [6.07, 6.45) is 0.154. The summed E-state index contributed by atoms with van der Waals surface area (Å²) in [5.41, 5.74) is 0.779. The quantitative estimate of drug-likeness (QED) is 0.582. The zero-order chi connectivity index (χ0) is 22.2. The molecule has 0 radical (unpaired) electrons. The molecule has 1 amide bonds. The maximum Gasteiger partial charge on any atom is 0.417 e. The van der Waals surface area contributed by atoms with Gasteiger partial charge in [-0.1, -0.05) is 11.6 Å². The lowest BCUT2D eigenvalue weighted by Gasteiger charge is -2.33. The number of hydrogen-bond donors (Lipinski definition) is 1.